The number of carbonyl (C=O) groups is 2. The van der Waals surface area contributed by atoms with Crippen LogP contribution in [0.4, 0.5) is 9.59 Å². The van der Waals surface area contributed by atoms with Crippen LogP contribution in [0.1, 0.15) is 82.1 Å². The van der Waals surface area contributed by atoms with Gasteiger partial charge in [-0.2, -0.15) is 0 Å². The first-order chi connectivity index (χ1) is 11.4. The van der Waals surface area contributed by atoms with Crippen LogP contribution >= 0.6 is 11.8 Å². The lowest BCUT2D eigenvalue weighted by molar-refractivity contribution is 0.211. The molecule has 154 valence electrons. The Labute approximate surface area is 165 Å². The van der Waals surface area contributed by atoms with E-state index < -0.39 is 0 Å². The van der Waals surface area contributed by atoms with Gasteiger partial charge >= 0.3 is 6.03 Å². The highest BCUT2D eigenvalue weighted by atomic mass is 32.2. The molecule has 0 saturated carbocycles. The van der Waals surface area contributed by atoms with Crippen LogP contribution in [0.25, 0.3) is 0 Å². The van der Waals surface area contributed by atoms with Crippen LogP contribution in [0.3, 0.4) is 0 Å². The second kappa shape index (κ2) is 9.34. The molecule has 0 unspecified atom stereocenters. The first kappa shape index (κ1) is 25.1. The van der Waals surface area contributed by atoms with Crippen molar-refractivity contribution in [2.45, 2.75) is 93.2 Å². The van der Waals surface area contributed by atoms with Gasteiger partial charge in [-0.3, -0.25) is 4.79 Å². The minimum atomic E-state index is -0.274. The Morgan fingerprint density at radius 1 is 0.731 bits per heavy atom. The summed E-state index contributed by atoms with van der Waals surface area (Å²) in [4.78, 5) is 24.1. The Morgan fingerprint density at radius 3 is 1.58 bits per heavy atom. The first-order valence-corrected chi connectivity index (χ1v) is 10.4. The van der Waals surface area contributed by atoms with Crippen LogP contribution in [0, 0.1) is 10.8 Å². The van der Waals surface area contributed by atoms with Crippen molar-refractivity contribution in [3.05, 3.63) is 0 Å². The lowest BCUT2D eigenvalue weighted by Crippen LogP contribution is -2.50. The van der Waals surface area contributed by atoms with E-state index in [-0.39, 0.29) is 33.2 Å². The number of thioether (sulfide) groups is 1. The highest BCUT2D eigenvalue weighted by Crippen LogP contribution is 2.28. The summed E-state index contributed by atoms with van der Waals surface area (Å²) in [5, 5.41) is 8.85. The van der Waals surface area contributed by atoms with Crippen molar-refractivity contribution in [1.29, 1.82) is 0 Å². The summed E-state index contributed by atoms with van der Waals surface area (Å²) in [7, 11) is 0. The van der Waals surface area contributed by atoms with Crippen molar-refractivity contribution in [1.82, 2.24) is 16.0 Å². The van der Waals surface area contributed by atoms with E-state index in [1.165, 1.54) is 11.8 Å². The molecule has 0 rings (SSSR count). The SMILES string of the molecule is CC(C)(C)CC(C)(C)NC(=O)NCCSC(=O)NC(C)(C)CC(C)(C)C. The summed E-state index contributed by atoms with van der Waals surface area (Å²) in [5.74, 6) is 0.546. The summed E-state index contributed by atoms with van der Waals surface area (Å²) in [6, 6.07) is -0.187. The largest absolute Gasteiger partial charge is 0.342 e. The van der Waals surface area contributed by atoms with E-state index in [1.54, 1.807) is 0 Å². The van der Waals surface area contributed by atoms with E-state index in [2.05, 4.69) is 57.5 Å². The van der Waals surface area contributed by atoms with Crippen molar-refractivity contribution in [2.24, 2.45) is 10.8 Å². The molecule has 6 heteroatoms. The number of carbonyl (C=O) groups excluding carboxylic acids is 2. The molecule has 0 bridgehead atoms. The van der Waals surface area contributed by atoms with Gasteiger partial charge in [-0.25, -0.2) is 4.79 Å². The van der Waals surface area contributed by atoms with E-state index >= 15 is 0 Å². The molecule has 0 spiro atoms. The topological polar surface area (TPSA) is 70.2 Å². The summed E-state index contributed by atoms with van der Waals surface area (Å²) >= 11 is 1.21. The quantitative estimate of drug-likeness (QED) is 0.529. The molecular formula is C20H41N3O2S. The third-order valence-electron chi connectivity index (χ3n) is 3.46. The average molecular weight is 388 g/mol. The highest BCUT2D eigenvalue weighted by molar-refractivity contribution is 8.13. The van der Waals surface area contributed by atoms with Crippen molar-refractivity contribution in [3.8, 4) is 0 Å². The summed E-state index contributed by atoms with van der Waals surface area (Å²) in [6.07, 6.45) is 1.78. The molecule has 0 atom stereocenters. The fourth-order valence-corrected chi connectivity index (χ4v) is 4.45. The molecule has 0 saturated heterocycles. The monoisotopic (exact) mass is 387 g/mol. The maximum absolute atomic E-state index is 12.1. The number of amides is 3. The molecule has 0 aromatic rings. The number of rotatable bonds is 7. The highest BCUT2D eigenvalue weighted by Gasteiger charge is 2.28. The molecule has 0 fully saturated rings. The zero-order valence-electron chi connectivity index (χ0n) is 18.6. The minimum absolute atomic E-state index is 0.0467. The Bertz CT molecular complexity index is 430. The third kappa shape index (κ3) is 14.3. The Morgan fingerprint density at radius 2 is 1.15 bits per heavy atom. The van der Waals surface area contributed by atoms with Crippen LogP contribution in [0.15, 0.2) is 0 Å². The number of hydrogen-bond donors (Lipinski definition) is 3. The Balaban J connectivity index is 4.15. The van der Waals surface area contributed by atoms with Crippen molar-refractivity contribution in [2.75, 3.05) is 12.3 Å². The molecule has 0 aromatic heterocycles. The van der Waals surface area contributed by atoms with Gasteiger partial charge in [0.25, 0.3) is 5.24 Å². The van der Waals surface area contributed by atoms with Crippen molar-refractivity contribution < 1.29 is 9.59 Å². The van der Waals surface area contributed by atoms with Gasteiger partial charge in [-0.1, -0.05) is 53.3 Å². The molecule has 0 aliphatic heterocycles. The van der Waals surface area contributed by atoms with Crippen molar-refractivity contribution in [3.63, 3.8) is 0 Å². The molecule has 26 heavy (non-hydrogen) atoms. The Kier molecular flexibility index (Phi) is 9.01. The zero-order chi connectivity index (χ0) is 20.8. The van der Waals surface area contributed by atoms with Gasteiger partial charge in [0.05, 0.1) is 0 Å². The molecule has 0 aliphatic rings. The molecule has 0 radical (unpaired) electrons. The second-order valence-corrected chi connectivity index (χ2v) is 12.0. The van der Waals surface area contributed by atoms with E-state index in [4.69, 9.17) is 0 Å². The summed E-state index contributed by atoms with van der Waals surface area (Å²) in [6.45, 7) is 21.6. The Hall–Kier alpha value is -0.910. The fourth-order valence-electron chi connectivity index (χ4n) is 3.71. The maximum atomic E-state index is 12.1. The number of nitrogens with one attached hydrogen (secondary N) is 3. The molecule has 0 heterocycles. The van der Waals surface area contributed by atoms with Crippen LogP contribution in [0.5, 0.6) is 0 Å². The van der Waals surface area contributed by atoms with Gasteiger partial charge in [0.15, 0.2) is 0 Å². The molecule has 5 nitrogen and oxygen atoms in total. The van der Waals surface area contributed by atoms with Gasteiger partial charge in [0.2, 0.25) is 0 Å². The minimum Gasteiger partial charge on any atom is -0.342 e. The van der Waals surface area contributed by atoms with Crippen molar-refractivity contribution >= 4 is 23.0 Å². The van der Waals surface area contributed by atoms with E-state index in [1.807, 2.05) is 27.7 Å². The zero-order valence-corrected chi connectivity index (χ0v) is 19.4. The summed E-state index contributed by atoms with van der Waals surface area (Å²) < 4.78 is 0. The lowest BCUT2D eigenvalue weighted by Gasteiger charge is -2.33. The third-order valence-corrected chi connectivity index (χ3v) is 4.23. The predicted octanol–water partition coefficient (Wildman–Crippen LogP) is 5.16. The molecule has 0 aliphatic carbocycles. The number of hydrogen-bond acceptors (Lipinski definition) is 3. The van der Waals surface area contributed by atoms with Gasteiger partial charge in [0, 0.05) is 23.4 Å². The molecule has 3 N–H and O–H groups in total. The van der Waals surface area contributed by atoms with Gasteiger partial charge in [-0.05, 0) is 51.4 Å². The molecule has 0 aromatic carbocycles. The van der Waals surface area contributed by atoms with Crippen LogP contribution < -0.4 is 16.0 Å². The maximum Gasteiger partial charge on any atom is 0.315 e. The second-order valence-electron chi connectivity index (χ2n) is 10.9. The van der Waals surface area contributed by atoms with E-state index in [9.17, 15) is 9.59 Å². The summed E-state index contributed by atoms with van der Waals surface area (Å²) in [5.41, 5.74) is -0.223. The normalized spacial score (nSPS) is 13.3. The average Bonchev–Trinajstić information content (AvgIpc) is 2.26. The molecule has 3 amide bonds. The lowest BCUT2D eigenvalue weighted by atomic mass is 9.82. The molecular weight excluding hydrogens is 346 g/mol. The van der Waals surface area contributed by atoms with Crippen LogP contribution in [0.2, 0.25) is 0 Å². The standard InChI is InChI=1S/C20H41N3O2S/c1-17(2,3)13-19(7,8)22-15(24)21-11-12-26-16(25)23-20(9,10)14-18(4,5)6/h11-14H2,1-10H3,(H,23,25)(H2,21,22,24). The van der Waals surface area contributed by atoms with Gasteiger partial charge in [0.1, 0.15) is 0 Å². The number of urea groups is 1. The van der Waals surface area contributed by atoms with E-state index in [0.29, 0.717) is 12.3 Å². The fraction of sp³-hybridized carbons (Fsp3) is 0.900. The van der Waals surface area contributed by atoms with Gasteiger partial charge in [-0.15, -0.1) is 0 Å². The van der Waals surface area contributed by atoms with Crippen LogP contribution in [-0.4, -0.2) is 34.6 Å². The van der Waals surface area contributed by atoms with Gasteiger partial charge < -0.3 is 16.0 Å². The first-order valence-electron chi connectivity index (χ1n) is 9.42. The smallest absolute Gasteiger partial charge is 0.315 e. The van der Waals surface area contributed by atoms with Crippen LogP contribution in [-0.2, 0) is 0 Å². The predicted molar refractivity (Wildman–Crippen MR) is 114 cm³/mol. The van der Waals surface area contributed by atoms with E-state index in [0.717, 1.165) is 12.8 Å².